The Hall–Kier alpha value is -1.69. The Bertz CT molecular complexity index is 652. The molecule has 0 spiro atoms. The highest BCUT2D eigenvalue weighted by Crippen LogP contribution is 2.33. The van der Waals surface area contributed by atoms with Gasteiger partial charge in [0, 0.05) is 24.2 Å². The van der Waals surface area contributed by atoms with E-state index in [9.17, 15) is 0 Å². The first kappa shape index (κ1) is 15.2. The molecule has 2 heterocycles. The van der Waals surface area contributed by atoms with E-state index in [-0.39, 0.29) is 11.6 Å². The first-order valence-electron chi connectivity index (χ1n) is 7.99. The molecule has 6 nitrogen and oxygen atoms in total. The van der Waals surface area contributed by atoms with Crippen LogP contribution in [0, 0.1) is 6.92 Å². The fourth-order valence-corrected chi connectivity index (χ4v) is 3.17. The number of nitrogens with zero attached hydrogens (tertiary/aromatic N) is 4. The van der Waals surface area contributed by atoms with Crippen LogP contribution in [0.25, 0.3) is 0 Å². The van der Waals surface area contributed by atoms with Crippen LogP contribution in [0.3, 0.4) is 0 Å². The van der Waals surface area contributed by atoms with E-state index in [1.54, 1.807) is 0 Å². The van der Waals surface area contributed by atoms with Crippen LogP contribution < -0.4 is 5.32 Å². The highest BCUT2D eigenvalue weighted by atomic mass is 16.4. The molecule has 0 saturated carbocycles. The highest BCUT2D eigenvalue weighted by Gasteiger charge is 2.29. The van der Waals surface area contributed by atoms with Gasteiger partial charge in [-0.15, -0.1) is 10.2 Å². The van der Waals surface area contributed by atoms with Crippen LogP contribution in [0.4, 0.5) is 0 Å². The number of rotatable bonds is 3. The molecule has 2 aromatic heterocycles. The summed E-state index contributed by atoms with van der Waals surface area (Å²) in [5.74, 6) is 1.25. The van der Waals surface area contributed by atoms with E-state index >= 15 is 0 Å². The summed E-state index contributed by atoms with van der Waals surface area (Å²) >= 11 is 0. The van der Waals surface area contributed by atoms with E-state index in [0.717, 1.165) is 12.8 Å². The van der Waals surface area contributed by atoms with E-state index in [1.165, 1.54) is 17.7 Å². The highest BCUT2D eigenvalue weighted by molar-refractivity contribution is 5.26. The lowest BCUT2D eigenvalue weighted by Crippen LogP contribution is -2.30. The van der Waals surface area contributed by atoms with Crippen LogP contribution in [0.15, 0.2) is 10.6 Å². The van der Waals surface area contributed by atoms with E-state index in [4.69, 9.17) is 4.42 Å². The summed E-state index contributed by atoms with van der Waals surface area (Å²) < 4.78 is 7.69. The van der Waals surface area contributed by atoms with Crippen LogP contribution in [-0.2, 0) is 12.0 Å². The predicted molar refractivity (Wildman–Crippen MR) is 83.5 cm³/mol. The molecule has 1 aliphatic rings. The molecule has 3 rings (SSSR count). The molecule has 0 saturated heterocycles. The zero-order valence-electron chi connectivity index (χ0n) is 14.1. The van der Waals surface area contributed by atoms with Crippen LogP contribution in [-0.4, -0.2) is 20.0 Å². The number of aryl methyl sites for hydroxylation is 1. The van der Waals surface area contributed by atoms with Crippen molar-refractivity contribution < 1.29 is 4.42 Å². The quantitative estimate of drug-likeness (QED) is 0.943. The summed E-state index contributed by atoms with van der Waals surface area (Å²) in [6, 6.07) is 0.331. The minimum Gasteiger partial charge on any atom is -0.424 e. The third-order valence-electron chi connectivity index (χ3n) is 4.18. The van der Waals surface area contributed by atoms with Crippen LogP contribution >= 0.6 is 0 Å². The summed E-state index contributed by atoms with van der Waals surface area (Å²) in [4.78, 5) is 0. The van der Waals surface area contributed by atoms with Gasteiger partial charge in [0.25, 0.3) is 0 Å². The lowest BCUT2D eigenvalue weighted by molar-refractivity contribution is 0.324. The topological polar surface area (TPSA) is 68.8 Å². The largest absolute Gasteiger partial charge is 0.424 e. The summed E-state index contributed by atoms with van der Waals surface area (Å²) in [7, 11) is 0. The minimum atomic E-state index is 0.0185. The Kier molecular flexibility index (Phi) is 3.80. The molecular weight excluding hydrogens is 278 g/mol. The SMILES string of the molecule is Cc1nnc([C@H](C)N[C@H]2CCCc3c2cnn3C(C)(C)C)o1. The van der Waals surface area contributed by atoms with Crippen molar-refractivity contribution in [1.29, 1.82) is 0 Å². The Morgan fingerprint density at radius 1 is 1.36 bits per heavy atom. The fraction of sp³-hybridized carbons (Fsp3) is 0.688. The van der Waals surface area contributed by atoms with E-state index in [0.29, 0.717) is 17.8 Å². The van der Waals surface area contributed by atoms with Crippen molar-refractivity contribution in [3.63, 3.8) is 0 Å². The van der Waals surface area contributed by atoms with Crippen LogP contribution in [0.1, 0.15) is 75.7 Å². The molecule has 0 bridgehead atoms. The van der Waals surface area contributed by atoms with Gasteiger partial charge in [0.2, 0.25) is 11.8 Å². The average molecular weight is 303 g/mol. The molecule has 0 aliphatic heterocycles. The van der Waals surface area contributed by atoms with Gasteiger partial charge in [-0.05, 0) is 47.0 Å². The second-order valence-electron chi connectivity index (χ2n) is 7.12. The van der Waals surface area contributed by atoms with Gasteiger partial charge in [-0.25, -0.2) is 0 Å². The Morgan fingerprint density at radius 3 is 2.77 bits per heavy atom. The van der Waals surface area contributed by atoms with Crippen LogP contribution in [0.2, 0.25) is 0 Å². The smallest absolute Gasteiger partial charge is 0.233 e. The molecule has 0 amide bonds. The molecular formula is C16H25N5O. The van der Waals surface area contributed by atoms with Gasteiger partial charge in [0.1, 0.15) is 0 Å². The number of fused-ring (bicyclic) bond motifs is 1. The maximum absolute atomic E-state index is 5.53. The van der Waals surface area contributed by atoms with Gasteiger partial charge in [-0.3, -0.25) is 10.00 Å². The second-order valence-corrected chi connectivity index (χ2v) is 7.12. The lowest BCUT2D eigenvalue weighted by atomic mass is 9.91. The van der Waals surface area contributed by atoms with Gasteiger partial charge in [0.05, 0.1) is 17.8 Å². The first-order valence-corrected chi connectivity index (χ1v) is 7.99. The standard InChI is InChI=1S/C16H25N5O/c1-10(15-20-19-11(2)22-15)18-13-7-6-8-14-12(13)9-17-21(14)16(3,4)5/h9-10,13,18H,6-8H2,1-5H3/t10-,13-/m0/s1. The normalized spacial score (nSPS) is 20.0. The van der Waals surface area contributed by atoms with Gasteiger partial charge >= 0.3 is 0 Å². The second kappa shape index (κ2) is 5.50. The van der Waals surface area contributed by atoms with Crippen molar-refractivity contribution in [2.45, 2.75) is 71.5 Å². The van der Waals surface area contributed by atoms with Crippen molar-refractivity contribution in [3.8, 4) is 0 Å². The van der Waals surface area contributed by atoms with Gasteiger partial charge in [-0.1, -0.05) is 0 Å². The third kappa shape index (κ3) is 2.79. The Morgan fingerprint density at radius 2 is 2.14 bits per heavy atom. The molecule has 0 unspecified atom stereocenters. The van der Waals surface area contributed by atoms with Gasteiger partial charge in [-0.2, -0.15) is 5.10 Å². The maximum Gasteiger partial charge on any atom is 0.233 e. The molecule has 120 valence electrons. The van der Waals surface area contributed by atoms with Gasteiger partial charge in [0.15, 0.2) is 0 Å². The number of aromatic nitrogens is 4. The Balaban J connectivity index is 1.82. The molecule has 22 heavy (non-hydrogen) atoms. The van der Waals surface area contributed by atoms with Crippen molar-refractivity contribution in [2.75, 3.05) is 0 Å². The summed E-state index contributed by atoms with van der Waals surface area (Å²) in [6.07, 6.45) is 5.39. The van der Waals surface area contributed by atoms with Crippen molar-refractivity contribution in [2.24, 2.45) is 0 Å². The van der Waals surface area contributed by atoms with Gasteiger partial charge < -0.3 is 4.42 Å². The molecule has 1 aliphatic carbocycles. The number of hydrogen-bond acceptors (Lipinski definition) is 5. The van der Waals surface area contributed by atoms with E-state index in [2.05, 4.69) is 53.0 Å². The van der Waals surface area contributed by atoms with Crippen molar-refractivity contribution in [1.82, 2.24) is 25.3 Å². The monoisotopic (exact) mass is 303 g/mol. The summed E-state index contributed by atoms with van der Waals surface area (Å²) in [5, 5.41) is 16.3. The zero-order valence-corrected chi connectivity index (χ0v) is 14.1. The molecule has 6 heteroatoms. The molecule has 0 radical (unpaired) electrons. The number of hydrogen-bond donors (Lipinski definition) is 1. The molecule has 2 atom stereocenters. The predicted octanol–water partition coefficient (Wildman–Crippen LogP) is 3.06. The lowest BCUT2D eigenvalue weighted by Gasteiger charge is -2.29. The third-order valence-corrected chi connectivity index (χ3v) is 4.18. The fourth-order valence-electron chi connectivity index (χ4n) is 3.17. The van der Waals surface area contributed by atoms with E-state index < -0.39 is 0 Å². The molecule has 2 aromatic rings. The maximum atomic E-state index is 5.53. The summed E-state index contributed by atoms with van der Waals surface area (Å²) in [5.41, 5.74) is 2.68. The zero-order chi connectivity index (χ0) is 15.9. The Labute approximate surface area is 131 Å². The van der Waals surface area contributed by atoms with Crippen LogP contribution in [0.5, 0.6) is 0 Å². The average Bonchev–Trinajstić information content (AvgIpc) is 3.04. The van der Waals surface area contributed by atoms with Crippen molar-refractivity contribution in [3.05, 3.63) is 29.2 Å². The molecule has 0 aromatic carbocycles. The molecule has 1 N–H and O–H groups in total. The van der Waals surface area contributed by atoms with E-state index in [1.807, 2.05) is 13.1 Å². The first-order chi connectivity index (χ1) is 10.4. The minimum absolute atomic E-state index is 0.0185. The summed E-state index contributed by atoms with van der Waals surface area (Å²) in [6.45, 7) is 10.5. The molecule has 0 fully saturated rings. The number of nitrogens with one attached hydrogen (secondary N) is 1. The van der Waals surface area contributed by atoms with Crippen molar-refractivity contribution >= 4 is 0 Å².